The molecular weight excluding hydrogens is 270 g/mol. The number of nitrogens with one attached hydrogen (secondary N) is 1. The quantitative estimate of drug-likeness (QED) is 0.618. The molecule has 0 aliphatic rings. The highest BCUT2D eigenvalue weighted by Gasteiger charge is 2.23. The van der Waals surface area contributed by atoms with Crippen molar-refractivity contribution < 1.29 is 10.0 Å². The molecule has 0 spiro atoms. The number of benzene rings is 1. The van der Waals surface area contributed by atoms with Crippen LogP contribution in [0, 0.1) is 10.1 Å². The van der Waals surface area contributed by atoms with Crippen LogP contribution in [0.2, 0.25) is 5.02 Å². The number of likely N-dealkylation sites (N-methyl/N-ethyl adjacent to an activating group) is 1. The van der Waals surface area contributed by atoms with E-state index in [0.29, 0.717) is 17.3 Å². The Morgan fingerprint density at radius 3 is 2.68 bits per heavy atom. The molecular formula is C12H18ClN3O3. The molecule has 1 rings (SSSR count). The summed E-state index contributed by atoms with van der Waals surface area (Å²) in [6.07, 6.45) is 0. The first-order chi connectivity index (χ1) is 8.71. The first-order valence-corrected chi connectivity index (χ1v) is 6.14. The Bertz CT molecular complexity index is 464. The predicted molar refractivity (Wildman–Crippen MR) is 75.8 cm³/mol. The van der Waals surface area contributed by atoms with E-state index < -0.39 is 10.5 Å². The molecule has 0 bridgehead atoms. The van der Waals surface area contributed by atoms with Crippen LogP contribution in [0.5, 0.6) is 0 Å². The van der Waals surface area contributed by atoms with Crippen molar-refractivity contribution >= 4 is 23.0 Å². The summed E-state index contributed by atoms with van der Waals surface area (Å²) in [4.78, 5) is 12.3. The second kappa shape index (κ2) is 6.18. The van der Waals surface area contributed by atoms with Crippen LogP contribution in [-0.2, 0) is 0 Å². The van der Waals surface area contributed by atoms with Crippen molar-refractivity contribution in [1.82, 2.24) is 4.90 Å². The number of nitrogens with zero attached hydrogens (tertiary/aromatic N) is 2. The van der Waals surface area contributed by atoms with Crippen molar-refractivity contribution in [3.63, 3.8) is 0 Å². The monoisotopic (exact) mass is 287 g/mol. The summed E-state index contributed by atoms with van der Waals surface area (Å²) in [5.41, 5.74) is -0.752. The minimum atomic E-state index is -0.989. The van der Waals surface area contributed by atoms with Gasteiger partial charge in [-0.05, 0) is 33.2 Å². The number of aliphatic hydroxyl groups is 1. The Kier molecular flexibility index (Phi) is 5.11. The number of hydrogen-bond donors (Lipinski definition) is 2. The van der Waals surface area contributed by atoms with Crippen LogP contribution in [0.25, 0.3) is 0 Å². The van der Waals surface area contributed by atoms with Gasteiger partial charge in [0.15, 0.2) is 0 Å². The fraction of sp³-hybridized carbons (Fsp3) is 0.500. The normalized spacial score (nSPS) is 14.2. The van der Waals surface area contributed by atoms with Crippen molar-refractivity contribution in [2.24, 2.45) is 0 Å². The molecule has 0 aliphatic heterocycles. The van der Waals surface area contributed by atoms with Gasteiger partial charge < -0.3 is 15.3 Å². The molecule has 0 saturated carbocycles. The highest BCUT2D eigenvalue weighted by atomic mass is 35.5. The fourth-order valence-corrected chi connectivity index (χ4v) is 1.99. The Morgan fingerprint density at radius 1 is 1.53 bits per heavy atom. The second-order valence-corrected chi connectivity index (χ2v) is 5.44. The summed E-state index contributed by atoms with van der Waals surface area (Å²) >= 11 is 5.73. The summed E-state index contributed by atoms with van der Waals surface area (Å²) in [7, 11) is 3.69. The first kappa shape index (κ1) is 15.7. The van der Waals surface area contributed by atoms with Gasteiger partial charge in [0.25, 0.3) is 5.69 Å². The van der Waals surface area contributed by atoms with Crippen molar-refractivity contribution in [2.45, 2.75) is 12.5 Å². The van der Waals surface area contributed by atoms with Crippen molar-refractivity contribution in [3.05, 3.63) is 33.3 Å². The van der Waals surface area contributed by atoms with Gasteiger partial charge in [0, 0.05) is 24.2 Å². The average molecular weight is 288 g/mol. The van der Waals surface area contributed by atoms with Crippen LogP contribution in [-0.4, -0.2) is 47.7 Å². The van der Waals surface area contributed by atoms with E-state index in [0.717, 1.165) is 0 Å². The average Bonchev–Trinajstić information content (AvgIpc) is 2.25. The number of rotatable bonds is 6. The van der Waals surface area contributed by atoms with Crippen molar-refractivity contribution in [1.29, 1.82) is 0 Å². The molecule has 1 atom stereocenters. The third-order valence-corrected chi connectivity index (χ3v) is 2.71. The Morgan fingerprint density at radius 2 is 2.16 bits per heavy atom. The lowest BCUT2D eigenvalue weighted by Gasteiger charge is -2.27. The van der Waals surface area contributed by atoms with Gasteiger partial charge in [-0.3, -0.25) is 10.1 Å². The number of nitro benzene ring substituents is 1. The van der Waals surface area contributed by atoms with Crippen LogP contribution >= 0.6 is 11.6 Å². The summed E-state index contributed by atoms with van der Waals surface area (Å²) in [5, 5.41) is 24.2. The van der Waals surface area contributed by atoms with E-state index in [9.17, 15) is 15.2 Å². The molecule has 0 fully saturated rings. The molecule has 0 aliphatic carbocycles. The van der Waals surface area contributed by atoms with Crippen LogP contribution < -0.4 is 5.32 Å². The van der Waals surface area contributed by atoms with Gasteiger partial charge in [-0.2, -0.15) is 0 Å². The Balaban J connectivity index is 2.80. The Hall–Kier alpha value is -1.37. The first-order valence-electron chi connectivity index (χ1n) is 5.76. The molecule has 0 unspecified atom stereocenters. The minimum Gasteiger partial charge on any atom is -0.387 e. The molecule has 6 nitrogen and oxygen atoms in total. The molecule has 1 aromatic rings. The number of halogens is 1. The summed E-state index contributed by atoms with van der Waals surface area (Å²) in [6, 6.07) is 4.38. The zero-order valence-corrected chi connectivity index (χ0v) is 11.9. The predicted octanol–water partition coefficient (Wildman–Crippen LogP) is 1.97. The largest absolute Gasteiger partial charge is 0.387 e. The maximum Gasteiger partial charge on any atom is 0.293 e. The fourth-order valence-electron chi connectivity index (χ4n) is 1.83. The standard InChI is InChI=1S/C12H18ClN3O3/c1-12(17,8-15(2)3)7-14-10-5-4-9(13)6-11(10)16(18)19/h4-6,14,17H,7-8H2,1-3H3/t12-/m1/s1. The van der Waals surface area contributed by atoms with Crippen LogP contribution in [0.3, 0.4) is 0 Å². The van der Waals surface area contributed by atoms with Gasteiger partial charge in [0.05, 0.1) is 10.5 Å². The Labute approximate surface area is 117 Å². The number of anilines is 1. The molecule has 0 saturated heterocycles. The molecule has 106 valence electrons. The smallest absolute Gasteiger partial charge is 0.293 e. The lowest BCUT2D eigenvalue weighted by atomic mass is 10.1. The zero-order valence-electron chi connectivity index (χ0n) is 11.2. The zero-order chi connectivity index (χ0) is 14.6. The van der Waals surface area contributed by atoms with Crippen molar-refractivity contribution in [3.8, 4) is 0 Å². The molecule has 0 radical (unpaired) electrons. The van der Waals surface area contributed by atoms with E-state index in [-0.39, 0.29) is 12.2 Å². The summed E-state index contributed by atoms with van der Waals surface area (Å²) < 4.78 is 0. The third kappa shape index (κ3) is 5.02. The van der Waals surface area contributed by atoms with Gasteiger partial charge >= 0.3 is 0 Å². The minimum absolute atomic E-state index is 0.104. The van der Waals surface area contributed by atoms with E-state index in [1.165, 1.54) is 12.1 Å². The van der Waals surface area contributed by atoms with Gasteiger partial charge in [-0.15, -0.1) is 0 Å². The van der Waals surface area contributed by atoms with E-state index in [2.05, 4.69) is 5.32 Å². The highest BCUT2D eigenvalue weighted by molar-refractivity contribution is 6.30. The SMILES string of the molecule is CN(C)C[C@](C)(O)CNc1ccc(Cl)cc1[N+](=O)[O-]. The highest BCUT2D eigenvalue weighted by Crippen LogP contribution is 2.28. The molecule has 7 heteroatoms. The van der Waals surface area contributed by atoms with Gasteiger partial charge in [0.2, 0.25) is 0 Å². The molecule has 0 amide bonds. The van der Waals surface area contributed by atoms with E-state index in [1.807, 2.05) is 19.0 Å². The van der Waals surface area contributed by atoms with Gasteiger partial charge in [0.1, 0.15) is 5.69 Å². The van der Waals surface area contributed by atoms with E-state index >= 15 is 0 Å². The lowest BCUT2D eigenvalue weighted by molar-refractivity contribution is -0.383. The van der Waals surface area contributed by atoms with E-state index in [4.69, 9.17) is 11.6 Å². The maximum absolute atomic E-state index is 10.9. The van der Waals surface area contributed by atoms with Crippen LogP contribution in [0.4, 0.5) is 11.4 Å². The van der Waals surface area contributed by atoms with Crippen LogP contribution in [0.15, 0.2) is 18.2 Å². The molecule has 19 heavy (non-hydrogen) atoms. The molecule has 2 N–H and O–H groups in total. The molecule has 0 aromatic heterocycles. The summed E-state index contributed by atoms with van der Waals surface area (Å²) in [6.45, 7) is 2.32. The maximum atomic E-state index is 10.9. The van der Waals surface area contributed by atoms with Crippen molar-refractivity contribution in [2.75, 3.05) is 32.5 Å². The second-order valence-electron chi connectivity index (χ2n) is 5.01. The van der Waals surface area contributed by atoms with Crippen LogP contribution in [0.1, 0.15) is 6.92 Å². The van der Waals surface area contributed by atoms with Gasteiger partial charge in [-0.1, -0.05) is 11.6 Å². The van der Waals surface area contributed by atoms with Gasteiger partial charge in [-0.25, -0.2) is 0 Å². The third-order valence-electron chi connectivity index (χ3n) is 2.47. The lowest BCUT2D eigenvalue weighted by Crippen LogP contribution is -2.43. The topological polar surface area (TPSA) is 78.6 Å². The molecule has 0 heterocycles. The van der Waals surface area contributed by atoms with E-state index in [1.54, 1.807) is 13.0 Å². The molecule has 1 aromatic carbocycles. The number of nitro groups is 1. The number of hydrogen-bond acceptors (Lipinski definition) is 5. The summed E-state index contributed by atoms with van der Waals surface area (Å²) in [5.74, 6) is 0.